The minimum Gasteiger partial charge on any atom is -0.366 e. The zero-order chi connectivity index (χ0) is 15.5. The van der Waals surface area contributed by atoms with Crippen LogP contribution >= 0.6 is 0 Å². The number of hydrogen-bond donors (Lipinski definition) is 0. The van der Waals surface area contributed by atoms with Crippen molar-refractivity contribution in [3.05, 3.63) is 77.4 Å². The molecule has 2 unspecified atom stereocenters. The zero-order valence-corrected chi connectivity index (χ0v) is 12.3. The van der Waals surface area contributed by atoms with Gasteiger partial charge in [0, 0.05) is 18.7 Å². The Morgan fingerprint density at radius 1 is 1.00 bits per heavy atom. The highest BCUT2D eigenvalue weighted by Crippen LogP contribution is 2.48. The summed E-state index contributed by atoms with van der Waals surface area (Å²) in [5.41, 5.74) is 3.64. The molecule has 0 saturated heterocycles. The SMILES string of the molecule is CN1c2ccccc2C(C=C(C#N)C#N)C1c1ccccc1. The van der Waals surface area contributed by atoms with Crippen molar-refractivity contribution < 1.29 is 0 Å². The topological polar surface area (TPSA) is 50.8 Å². The first-order chi connectivity index (χ1) is 10.8. The minimum atomic E-state index is -0.00194. The molecule has 0 aromatic heterocycles. The van der Waals surface area contributed by atoms with Crippen LogP contribution in [0.3, 0.4) is 0 Å². The lowest BCUT2D eigenvalue weighted by molar-refractivity contribution is 0.653. The Bertz CT molecular complexity index is 777. The van der Waals surface area contributed by atoms with Crippen LogP contribution in [0.2, 0.25) is 0 Å². The maximum absolute atomic E-state index is 9.10. The standard InChI is InChI=1S/C19H15N3/c1-22-18-10-6-5-9-16(18)17(11-14(12-20)13-21)19(22)15-7-3-2-4-8-15/h2-11,17,19H,1H3. The third-order valence-corrected chi connectivity index (χ3v) is 4.16. The Hall–Kier alpha value is -3.04. The first-order valence-electron chi connectivity index (χ1n) is 7.15. The van der Waals surface area contributed by atoms with Gasteiger partial charge in [-0.15, -0.1) is 0 Å². The first-order valence-corrected chi connectivity index (χ1v) is 7.15. The molecular formula is C19H15N3. The Morgan fingerprint density at radius 3 is 2.32 bits per heavy atom. The van der Waals surface area contributed by atoms with E-state index in [2.05, 4.69) is 36.2 Å². The second-order valence-corrected chi connectivity index (χ2v) is 5.35. The number of nitriles is 2. The van der Waals surface area contributed by atoms with Crippen LogP contribution in [0.25, 0.3) is 0 Å². The van der Waals surface area contributed by atoms with Crippen LogP contribution in [0.5, 0.6) is 0 Å². The summed E-state index contributed by atoms with van der Waals surface area (Å²) < 4.78 is 0. The van der Waals surface area contributed by atoms with E-state index >= 15 is 0 Å². The second kappa shape index (κ2) is 5.76. The highest BCUT2D eigenvalue weighted by Gasteiger charge is 2.36. The van der Waals surface area contributed by atoms with Crippen molar-refractivity contribution in [2.75, 3.05) is 11.9 Å². The van der Waals surface area contributed by atoms with E-state index < -0.39 is 0 Å². The number of fused-ring (bicyclic) bond motifs is 1. The van der Waals surface area contributed by atoms with E-state index in [1.165, 1.54) is 5.56 Å². The van der Waals surface area contributed by atoms with Gasteiger partial charge in [0.2, 0.25) is 0 Å². The molecule has 3 heteroatoms. The van der Waals surface area contributed by atoms with E-state index in [1.807, 2.05) is 42.5 Å². The van der Waals surface area contributed by atoms with Crippen molar-refractivity contribution in [2.24, 2.45) is 0 Å². The Morgan fingerprint density at radius 2 is 1.64 bits per heavy atom. The van der Waals surface area contributed by atoms with Gasteiger partial charge < -0.3 is 4.90 Å². The van der Waals surface area contributed by atoms with Gasteiger partial charge in [-0.25, -0.2) is 0 Å². The Labute approximate surface area is 130 Å². The quantitative estimate of drug-likeness (QED) is 0.785. The maximum Gasteiger partial charge on any atom is 0.126 e. The molecule has 0 amide bonds. The number of benzene rings is 2. The third-order valence-electron chi connectivity index (χ3n) is 4.16. The molecule has 2 aromatic rings. The lowest BCUT2D eigenvalue weighted by Gasteiger charge is -2.26. The fraction of sp³-hybridized carbons (Fsp3) is 0.158. The van der Waals surface area contributed by atoms with E-state index in [-0.39, 0.29) is 17.5 Å². The van der Waals surface area contributed by atoms with Crippen LogP contribution in [0.15, 0.2) is 66.2 Å². The lowest BCUT2D eigenvalue weighted by Crippen LogP contribution is -2.21. The van der Waals surface area contributed by atoms with Crippen LogP contribution in [-0.4, -0.2) is 7.05 Å². The van der Waals surface area contributed by atoms with Gasteiger partial charge in [-0.3, -0.25) is 0 Å². The summed E-state index contributed by atoms with van der Waals surface area (Å²) >= 11 is 0. The molecule has 2 aromatic carbocycles. The molecule has 0 fully saturated rings. The molecule has 106 valence electrons. The Kier molecular flexibility index (Phi) is 3.64. The minimum absolute atomic E-state index is 0.00194. The molecule has 0 aliphatic carbocycles. The van der Waals surface area contributed by atoms with E-state index in [1.54, 1.807) is 6.08 Å². The van der Waals surface area contributed by atoms with Gasteiger partial charge in [0.25, 0.3) is 0 Å². The van der Waals surface area contributed by atoms with Crippen molar-refractivity contribution in [1.29, 1.82) is 10.5 Å². The van der Waals surface area contributed by atoms with Crippen molar-refractivity contribution in [3.63, 3.8) is 0 Å². The number of hydrogen-bond acceptors (Lipinski definition) is 3. The predicted molar refractivity (Wildman–Crippen MR) is 86.1 cm³/mol. The van der Waals surface area contributed by atoms with Gasteiger partial charge in [-0.05, 0) is 23.3 Å². The molecule has 1 aliphatic rings. The maximum atomic E-state index is 9.10. The number of allylic oxidation sites excluding steroid dienone is 1. The normalized spacial score (nSPS) is 19.0. The second-order valence-electron chi connectivity index (χ2n) is 5.35. The number of anilines is 1. The number of likely N-dealkylation sites (N-methyl/N-ethyl adjacent to an activating group) is 1. The highest BCUT2D eigenvalue weighted by molar-refractivity contribution is 5.64. The third kappa shape index (κ3) is 2.24. The average molecular weight is 285 g/mol. The molecule has 3 nitrogen and oxygen atoms in total. The van der Waals surface area contributed by atoms with Crippen molar-refractivity contribution in [3.8, 4) is 12.1 Å². The number of para-hydroxylation sites is 1. The molecule has 0 N–H and O–H groups in total. The van der Waals surface area contributed by atoms with E-state index in [0.717, 1.165) is 11.3 Å². The van der Waals surface area contributed by atoms with Gasteiger partial charge in [0.05, 0.1) is 6.04 Å². The van der Waals surface area contributed by atoms with Gasteiger partial charge in [0.15, 0.2) is 0 Å². The monoisotopic (exact) mass is 285 g/mol. The zero-order valence-electron chi connectivity index (χ0n) is 12.3. The number of rotatable bonds is 2. The molecular weight excluding hydrogens is 270 g/mol. The largest absolute Gasteiger partial charge is 0.366 e. The van der Waals surface area contributed by atoms with Gasteiger partial charge in [0.1, 0.15) is 17.7 Å². The van der Waals surface area contributed by atoms with E-state index in [9.17, 15) is 0 Å². The highest BCUT2D eigenvalue weighted by atomic mass is 15.2. The summed E-state index contributed by atoms with van der Waals surface area (Å²) in [5, 5.41) is 18.2. The van der Waals surface area contributed by atoms with Crippen LogP contribution in [-0.2, 0) is 0 Å². The molecule has 1 aliphatic heterocycles. The van der Waals surface area contributed by atoms with Crippen LogP contribution in [0.1, 0.15) is 23.1 Å². The summed E-state index contributed by atoms with van der Waals surface area (Å²) in [4.78, 5) is 2.22. The molecule has 0 bridgehead atoms. The molecule has 22 heavy (non-hydrogen) atoms. The van der Waals surface area contributed by atoms with E-state index in [4.69, 9.17) is 10.5 Å². The smallest absolute Gasteiger partial charge is 0.126 e. The summed E-state index contributed by atoms with van der Waals surface area (Å²) in [6.45, 7) is 0. The van der Waals surface area contributed by atoms with Gasteiger partial charge in [-0.1, -0.05) is 48.5 Å². The predicted octanol–water partition coefficient (Wildman–Crippen LogP) is 3.93. The molecule has 1 heterocycles. The van der Waals surface area contributed by atoms with E-state index in [0.29, 0.717) is 0 Å². The molecule has 0 spiro atoms. The molecule has 2 atom stereocenters. The van der Waals surface area contributed by atoms with Gasteiger partial charge in [-0.2, -0.15) is 10.5 Å². The van der Waals surface area contributed by atoms with Crippen molar-refractivity contribution in [1.82, 2.24) is 0 Å². The summed E-state index contributed by atoms with van der Waals surface area (Å²) in [5.74, 6) is -0.00194. The summed E-state index contributed by atoms with van der Waals surface area (Å²) in [7, 11) is 2.06. The summed E-state index contributed by atoms with van der Waals surface area (Å²) in [6, 6.07) is 22.4. The molecule has 3 rings (SSSR count). The van der Waals surface area contributed by atoms with Gasteiger partial charge >= 0.3 is 0 Å². The number of nitrogens with zero attached hydrogens (tertiary/aromatic N) is 3. The lowest BCUT2D eigenvalue weighted by atomic mass is 9.89. The van der Waals surface area contributed by atoms with Crippen LogP contribution in [0, 0.1) is 22.7 Å². The van der Waals surface area contributed by atoms with Crippen LogP contribution in [0.4, 0.5) is 5.69 Å². The molecule has 0 radical (unpaired) electrons. The molecule has 0 saturated carbocycles. The summed E-state index contributed by atoms with van der Waals surface area (Å²) in [6.07, 6.45) is 1.79. The fourth-order valence-corrected chi connectivity index (χ4v) is 3.19. The first kappa shape index (κ1) is 13.9. The average Bonchev–Trinajstić information content (AvgIpc) is 2.86. The van der Waals surface area contributed by atoms with Crippen LogP contribution < -0.4 is 4.90 Å². The fourth-order valence-electron chi connectivity index (χ4n) is 3.19. The van der Waals surface area contributed by atoms with Crippen molar-refractivity contribution in [2.45, 2.75) is 12.0 Å². The Balaban J connectivity index is 2.15. The van der Waals surface area contributed by atoms with Crippen molar-refractivity contribution >= 4 is 5.69 Å².